The van der Waals surface area contributed by atoms with E-state index in [9.17, 15) is 9.59 Å². The van der Waals surface area contributed by atoms with Crippen LogP contribution in [-0.2, 0) is 9.59 Å². The molecular formula is C14H17NO4. The number of carboxylic acids is 1. The summed E-state index contributed by atoms with van der Waals surface area (Å²) in [6.45, 7) is 1.09. The van der Waals surface area contributed by atoms with Crippen molar-refractivity contribution >= 4 is 11.9 Å². The Morgan fingerprint density at radius 3 is 2.79 bits per heavy atom. The number of amides is 1. The van der Waals surface area contributed by atoms with E-state index >= 15 is 0 Å². The predicted octanol–water partition coefficient (Wildman–Crippen LogP) is 1.39. The van der Waals surface area contributed by atoms with Crippen LogP contribution in [-0.4, -0.2) is 41.6 Å². The van der Waals surface area contributed by atoms with Crippen LogP contribution in [0.25, 0.3) is 0 Å². The van der Waals surface area contributed by atoms with Crippen LogP contribution >= 0.6 is 0 Å². The highest BCUT2D eigenvalue weighted by atomic mass is 16.5. The Morgan fingerprint density at radius 2 is 2.11 bits per heavy atom. The van der Waals surface area contributed by atoms with Crippen molar-refractivity contribution in [2.75, 3.05) is 19.7 Å². The lowest BCUT2D eigenvalue weighted by Gasteiger charge is -2.30. The summed E-state index contributed by atoms with van der Waals surface area (Å²) < 4.78 is 5.51. The minimum absolute atomic E-state index is 0.00848. The highest BCUT2D eigenvalue weighted by Gasteiger charge is 2.29. The van der Waals surface area contributed by atoms with Crippen LogP contribution < -0.4 is 4.74 Å². The fourth-order valence-electron chi connectivity index (χ4n) is 2.12. The Labute approximate surface area is 111 Å². The lowest BCUT2D eigenvalue weighted by Crippen LogP contribution is -2.44. The number of para-hydroxylation sites is 1. The molecule has 0 radical (unpaired) electrons. The van der Waals surface area contributed by atoms with Gasteiger partial charge in [0.2, 0.25) is 5.91 Å². The largest absolute Gasteiger partial charge is 0.492 e. The van der Waals surface area contributed by atoms with Gasteiger partial charge in [-0.25, -0.2) is 0 Å². The molecule has 19 heavy (non-hydrogen) atoms. The van der Waals surface area contributed by atoms with E-state index in [0.29, 0.717) is 26.0 Å². The second-order valence-electron chi connectivity index (χ2n) is 4.58. The van der Waals surface area contributed by atoms with Crippen molar-refractivity contribution in [2.24, 2.45) is 5.92 Å². The van der Waals surface area contributed by atoms with Crippen molar-refractivity contribution in [3.63, 3.8) is 0 Å². The van der Waals surface area contributed by atoms with Gasteiger partial charge in [0, 0.05) is 13.0 Å². The number of hydrogen-bond acceptors (Lipinski definition) is 3. The molecule has 0 aliphatic carbocycles. The van der Waals surface area contributed by atoms with Crippen molar-refractivity contribution < 1.29 is 19.4 Å². The fourth-order valence-corrected chi connectivity index (χ4v) is 2.12. The molecule has 2 rings (SSSR count). The van der Waals surface area contributed by atoms with Gasteiger partial charge in [-0.15, -0.1) is 0 Å². The molecule has 1 unspecified atom stereocenters. The average Bonchev–Trinajstić information content (AvgIpc) is 2.42. The number of carbonyl (C=O) groups excluding carboxylic acids is 1. The minimum atomic E-state index is -0.832. The average molecular weight is 263 g/mol. The van der Waals surface area contributed by atoms with Gasteiger partial charge in [-0.05, 0) is 18.6 Å². The Hall–Kier alpha value is -2.04. The zero-order chi connectivity index (χ0) is 13.7. The van der Waals surface area contributed by atoms with E-state index in [1.54, 1.807) is 4.90 Å². The van der Waals surface area contributed by atoms with Crippen LogP contribution in [0.4, 0.5) is 0 Å². The van der Waals surface area contributed by atoms with Crippen molar-refractivity contribution in [3.05, 3.63) is 30.3 Å². The van der Waals surface area contributed by atoms with Crippen LogP contribution in [0.3, 0.4) is 0 Å². The van der Waals surface area contributed by atoms with Crippen molar-refractivity contribution in [2.45, 2.75) is 12.8 Å². The molecule has 1 heterocycles. The number of carboxylic acid groups (broad SMARTS) is 1. The fraction of sp³-hybridized carbons (Fsp3) is 0.429. The number of piperidine rings is 1. The zero-order valence-electron chi connectivity index (χ0n) is 10.6. The molecule has 0 spiro atoms. The molecule has 102 valence electrons. The van der Waals surface area contributed by atoms with E-state index in [1.807, 2.05) is 30.3 Å². The van der Waals surface area contributed by atoms with E-state index < -0.39 is 11.9 Å². The number of benzene rings is 1. The molecule has 1 saturated heterocycles. The molecule has 1 amide bonds. The highest BCUT2D eigenvalue weighted by molar-refractivity contribution is 5.80. The van der Waals surface area contributed by atoms with E-state index in [4.69, 9.17) is 9.84 Å². The maximum absolute atomic E-state index is 11.7. The molecular weight excluding hydrogens is 246 g/mol. The molecule has 5 nitrogen and oxygen atoms in total. The van der Waals surface area contributed by atoms with Crippen LogP contribution in [0.15, 0.2) is 30.3 Å². The normalized spacial score (nSPS) is 19.3. The standard InChI is InChI=1S/C14H17NO4/c16-13-7-6-11(14(17)18)10-15(13)8-9-19-12-4-2-1-3-5-12/h1-5,11H,6-10H2,(H,17,18). The summed E-state index contributed by atoms with van der Waals surface area (Å²) in [5.41, 5.74) is 0. The maximum atomic E-state index is 11.7. The van der Waals surface area contributed by atoms with Gasteiger partial charge < -0.3 is 14.7 Å². The number of ether oxygens (including phenoxy) is 1. The van der Waals surface area contributed by atoms with Crippen LogP contribution in [0.2, 0.25) is 0 Å². The molecule has 1 atom stereocenters. The summed E-state index contributed by atoms with van der Waals surface area (Å²) in [4.78, 5) is 24.2. The van der Waals surface area contributed by atoms with E-state index in [0.717, 1.165) is 5.75 Å². The number of carbonyl (C=O) groups is 2. The van der Waals surface area contributed by atoms with E-state index in [2.05, 4.69) is 0 Å². The van der Waals surface area contributed by atoms with Crippen LogP contribution in [0.5, 0.6) is 5.75 Å². The molecule has 1 aromatic carbocycles. The maximum Gasteiger partial charge on any atom is 0.308 e. The molecule has 0 aromatic heterocycles. The van der Waals surface area contributed by atoms with Gasteiger partial charge in [-0.1, -0.05) is 18.2 Å². The van der Waals surface area contributed by atoms with Gasteiger partial charge in [0.05, 0.1) is 12.5 Å². The second kappa shape index (κ2) is 6.22. The first-order valence-electron chi connectivity index (χ1n) is 6.35. The summed E-state index contributed by atoms with van der Waals surface area (Å²) in [5, 5.41) is 8.98. The Balaban J connectivity index is 1.81. The summed E-state index contributed by atoms with van der Waals surface area (Å²) in [6, 6.07) is 9.35. The topological polar surface area (TPSA) is 66.8 Å². The molecule has 1 aliphatic heterocycles. The summed E-state index contributed by atoms with van der Waals surface area (Å²) in [5.74, 6) is -0.521. The number of hydrogen-bond donors (Lipinski definition) is 1. The van der Waals surface area contributed by atoms with Crippen molar-refractivity contribution in [3.8, 4) is 5.75 Å². The third-order valence-corrected chi connectivity index (χ3v) is 3.22. The molecule has 1 aromatic rings. The molecule has 1 N–H and O–H groups in total. The third kappa shape index (κ3) is 3.71. The quantitative estimate of drug-likeness (QED) is 0.871. The van der Waals surface area contributed by atoms with Gasteiger partial charge in [0.15, 0.2) is 0 Å². The molecule has 0 bridgehead atoms. The Kier molecular flexibility index (Phi) is 4.39. The van der Waals surface area contributed by atoms with E-state index in [1.165, 1.54) is 0 Å². The Morgan fingerprint density at radius 1 is 1.37 bits per heavy atom. The highest BCUT2D eigenvalue weighted by Crippen LogP contribution is 2.17. The zero-order valence-corrected chi connectivity index (χ0v) is 10.6. The first-order chi connectivity index (χ1) is 9.16. The lowest BCUT2D eigenvalue weighted by atomic mass is 9.98. The molecule has 0 saturated carbocycles. The minimum Gasteiger partial charge on any atom is -0.492 e. The van der Waals surface area contributed by atoms with Gasteiger partial charge in [-0.2, -0.15) is 0 Å². The monoisotopic (exact) mass is 263 g/mol. The van der Waals surface area contributed by atoms with Crippen LogP contribution in [0, 0.1) is 5.92 Å². The first-order valence-corrected chi connectivity index (χ1v) is 6.35. The van der Waals surface area contributed by atoms with Gasteiger partial charge in [0.1, 0.15) is 12.4 Å². The number of rotatable bonds is 5. The molecule has 1 fully saturated rings. The van der Waals surface area contributed by atoms with E-state index in [-0.39, 0.29) is 12.5 Å². The number of aliphatic carboxylic acids is 1. The SMILES string of the molecule is O=C(O)C1CCC(=O)N(CCOc2ccccc2)C1. The lowest BCUT2D eigenvalue weighted by molar-refractivity contribution is -0.147. The van der Waals surface area contributed by atoms with Gasteiger partial charge >= 0.3 is 5.97 Å². The van der Waals surface area contributed by atoms with Crippen molar-refractivity contribution in [1.82, 2.24) is 4.90 Å². The summed E-state index contributed by atoms with van der Waals surface area (Å²) in [7, 11) is 0. The first kappa shape index (κ1) is 13.4. The smallest absolute Gasteiger partial charge is 0.308 e. The number of likely N-dealkylation sites (tertiary alicyclic amines) is 1. The van der Waals surface area contributed by atoms with Crippen molar-refractivity contribution in [1.29, 1.82) is 0 Å². The summed E-state index contributed by atoms with van der Waals surface area (Å²) >= 11 is 0. The predicted molar refractivity (Wildman–Crippen MR) is 68.9 cm³/mol. The summed E-state index contributed by atoms with van der Waals surface area (Å²) in [6.07, 6.45) is 0.743. The number of nitrogens with zero attached hydrogens (tertiary/aromatic N) is 1. The Bertz CT molecular complexity index is 446. The molecule has 5 heteroatoms. The molecule has 1 aliphatic rings. The van der Waals surface area contributed by atoms with Gasteiger partial charge in [-0.3, -0.25) is 9.59 Å². The second-order valence-corrected chi connectivity index (χ2v) is 4.58. The van der Waals surface area contributed by atoms with Gasteiger partial charge in [0.25, 0.3) is 0 Å². The third-order valence-electron chi connectivity index (χ3n) is 3.22. The van der Waals surface area contributed by atoms with Crippen LogP contribution in [0.1, 0.15) is 12.8 Å².